The number of benzene rings is 3. The number of carbonyl (C=O) groups is 1. The number of thiazole rings is 1. The van der Waals surface area contributed by atoms with Crippen LogP contribution in [0.15, 0.2) is 65.6 Å². The summed E-state index contributed by atoms with van der Waals surface area (Å²) in [6, 6.07) is 19.7. The molecule has 0 unspecified atom stereocenters. The Morgan fingerprint density at radius 2 is 1.83 bits per heavy atom. The molecule has 0 atom stereocenters. The number of hydrogen-bond donors (Lipinski definition) is 1. The largest absolute Gasteiger partial charge is 0.298 e. The van der Waals surface area contributed by atoms with E-state index in [2.05, 4.69) is 10.3 Å². The summed E-state index contributed by atoms with van der Waals surface area (Å²) in [5.41, 5.74) is 1.61. The Morgan fingerprint density at radius 1 is 1.04 bits per heavy atom. The van der Waals surface area contributed by atoms with Crippen LogP contribution in [0.5, 0.6) is 0 Å². The van der Waals surface area contributed by atoms with Crippen LogP contribution in [-0.2, 0) is 0 Å². The highest BCUT2D eigenvalue weighted by molar-refractivity contribution is 7.98. The molecule has 0 saturated carbocycles. The zero-order valence-corrected chi connectivity index (χ0v) is 14.6. The van der Waals surface area contributed by atoms with Crippen LogP contribution in [0.3, 0.4) is 0 Å². The third kappa shape index (κ3) is 2.66. The molecule has 4 aromatic rings. The van der Waals surface area contributed by atoms with Crippen molar-refractivity contribution < 1.29 is 4.79 Å². The van der Waals surface area contributed by atoms with Gasteiger partial charge in [-0.05, 0) is 35.2 Å². The summed E-state index contributed by atoms with van der Waals surface area (Å²) >= 11 is 3.16. The second-order valence-corrected chi connectivity index (χ2v) is 7.19. The van der Waals surface area contributed by atoms with Crippen LogP contribution in [0.2, 0.25) is 0 Å². The quantitative estimate of drug-likeness (QED) is 0.501. The minimum Gasteiger partial charge on any atom is -0.298 e. The molecule has 0 radical (unpaired) electrons. The van der Waals surface area contributed by atoms with Crippen molar-refractivity contribution in [3.8, 4) is 0 Å². The monoisotopic (exact) mass is 350 g/mol. The van der Waals surface area contributed by atoms with Gasteiger partial charge in [0.15, 0.2) is 5.13 Å². The SMILES string of the molecule is CSc1cccc2sc(NC(=O)c3cccc4ccccc34)nc12. The fraction of sp³-hybridized carbons (Fsp3) is 0.0526. The fourth-order valence-electron chi connectivity index (χ4n) is 2.73. The normalized spacial score (nSPS) is 11.0. The third-order valence-corrected chi connectivity index (χ3v) is 5.56. The molecular weight excluding hydrogens is 336 g/mol. The van der Waals surface area contributed by atoms with Crippen LogP contribution >= 0.6 is 23.1 Å². The van der Waals surface area contributed by atoms with Crippen molar-refractivity contribution in [2.45, 2.75) is 4.90 Å². The lowest BCUT2D eigenvalue weighted by Crippen LogP contribution is -2.12. The number of amides is 1. The maximum atomic E-state index is 12.7. The van der Waals surface area contributed by atoms with Crippen LogP contribution in [0, 0.1) is 0 Å². The molecule has 0 aliphatic heterocycles. The second kappa shape index (κ2) is 6.26. The summed E-state index contributed by atoms with van der Waals surface area (Å²) in [7, 11) is 0. The predicted octanol–water partition coefficient (Wildman–Crippen LogP) is 5.42. The summed E-state index contributed by atoms with van der Waals surface area (Å²) < 4.78 is 1.08. The van der Waals surface area contributed by atoms with Crippen molar-refractivity contribution in [3.05, 3.63) is 66.2 Å². The minimum atomic E-state index is -0.128. The van der Waals surface area contributed by atoms with Gasteiger partial charge >= 0.3 is 0 Å². The van der Waals surface area contributed by atoms with Gasteiger partial charge in [0.1, 0.15) is 0 Å². The Morgan fingerprint density at radius 3 is 2.71 bits per heavy atom. The molecular formula is C19H14N2OS2. The van der Waals surface area contributed by atoms with Crippen LogP contribution in [-0.4, -0.2) is 17.1 Å². The Hall–Kier alpha value is -2.37. The average molecular weight is 350 g/mol. The van der Waals surface area contributed by atoms with E-state index >= 15 is 0 Å². The molecule has 24 heavy (non-hydrogen) atoms. The zero-order valence-electron chi connectivity index (χ0n) is 12.9. The highest BCUT2D eigenvalue weighted by atomic mass is 32.2. The molecule has 1 heterocycles. The lowest BCUT2D eigenvalue weighted by molar-refractivity contribution is 0.102. The van der Waals surface area contributed by atoms with Gasteiger partial charge in [0.05, 0.1) is 10.2 Å². The van der Waals surface area contributed by atoms with Crippen LogP contribution in [0.4, 0.5) is 5.13 Å². The number of para-hydroxylation sites is 1. The van der Waals surface area contributed by atoms with Gasteiger partial charge in [-0.1, -0.05) is 53.8 Å². The van der Waals surface area contributed by atoms with E-state index in [1.54, 1.807) is 11.8 Å². The van der Waals surface area contributed by atoms with Crippen molar-refractivity contribution in [3.63, 3.8) is 0 Å². The van der Waals surface area contributed by atoms with Gasteiger partial charge in [0, 0.05) is 10.5 Å². The number of thioether (sulfide) groups is 1. The number of carbonyl (C=O) groups excluding carboxylic acids is 1. The van der Waals surface area contributed by atoms with Gasteiger partial charge in [0.2, 0.25) is 0 Å². The van der Waals surface area contributed by atoms with Crippen molar-refractivity contribution in [2.24, 2.45) is 0 Å². The highest BCUT2D eigenvalue weighted by Gasteiger charge is 2.13. The molecule has 4 rings (SSSR count). The number of rotatable bonds is 3. The molecule has 1 amide bonds. The van der Waals surface area contributed by atoms with Gasteiger partial charge in [-0.2, -0.15) is 0 Å². The summed E-state index contributed by atoms with van der Waals surface area (Å²) in [4.78, 5) is 18.4. The first-order chi connectivity index (χ1) is 11.8. The molecule has 0 aliphatic carbocycles. The minimum absolute atomic E-state index is 0.128. The van der Waals surface area contributed by atoms with Gasteiger partial charge in [-0.15, -0.1) is 11.8 Å². The van der Waals surface area contributed by atoms with Gasteiger partial charge in [-0.25, -0.2) is 4.98 Å². The molecule has 1 N–H and O–H groups in total. The fourth-order valence-corrected chi connectivity index (χ4v) is 4.25. The van der Waals surface area contributed by atoms with E-state index < -0.39 is 0 Å². The molecule has 118 valence electrons. The van der Waals surface area contributed by atoms with Crippen LogP contribution < -0.4 is 5.32 Å². The van der Waals surface area contributed by atoms with Crippen LogP contribution in [0.1, 0.15) is 10.4 Å². The van der Waals surface area contributed by atoms with Crippen molar-refractivity contribution in [2.75, 3.05) is 11.6 Å². The summed E-state index contributed by atoms with van der Waals surface area (Å²) in [6.07, 6.45) is 2.03. The first-order valence-corrected chi connectivity index (χ1v) is 9.53. The molecule has 0 bridgehead atoms. The predicted molar refractivity (Wildman–Crippen MR) is 103 cm³/mol. The van der Waals surface area contributed by atoms with Crippen molar-refractivity contribution in [1.29, 1.82) is 0 Å². The summed E-state index contributed by atoms with van der Waals surface area (Å²) in [5, 5.41) is 5.58. The van der Waals surface area contributed by atoms with E-state index in [4.69, 9.17) is 0 Å². The number of nitrogens with one attached hydrogen (secondary N) is 1. The third-order valence-electron chi connectivity index (χ3n) is 3.86. The van der Waals surface area contributed by atoms with E-state index in [0.717, 1.165) is 25.9 Å². The van der Waals surface area contributed by atoms with Crippen molar-refractivity contribution >= 4 is 55.1 Å². The second-order valence-electron chi connectivity index (χ2n) is 5.31. The lowest BCUT2D eigenvalue weighted by atomic mass is 10.0. The molecule has 3 nitrogen and oxygen atoms in total. The molecule has 0 saturated heterocycles. The standard InChI is InChI=1S/C19H14N2OS2/c1-23-15-10-5-11-16-17(15)20-19(24-16)21-18(22)14-9-4-7-12-6-2-3-8-13(12)14/h2-11H,1H3,(H,20,21,22). The van der Waals surface area contributed by atoms with E-state index in [9.17, 15) is 4.79 Å². The Kier molecular flexibility index (Phi) is 3.96. The number of fused-ring (bicyclic) bond motifs is 2. The lowest BCUT2D eigenvalue weighted by Gasteiger charge is -2.05. The van der Waals surface area contributed by atoms with E-state index in [1.807, 2.05) is 66.9 Å². The van der Waals surface area contributed by atoms with E-state index in [1.165, 1.54) is 11.3 Å². The van der Waals surface area contributed by atoms with E-state index in [0.29, 0.717) is 10.7 Å². The molecule has 5 heteroatoms. The Balaban J connectivity index is 1.71. The maximum absolute atomic E-state index is 12.7. The number of hydrogen-bond acceptors (Lipinski definition) is 4. The molecule has 0 fully saturated rings. The highest BCUT2D eigenvalue weighted by Crippen LogP contribution is 2.32. The first kappa shape index (κ1) is 15.2. The molecule has 1 aromatic heterocycles. The molecule has 0 aliphatic rings. The number of aromatic nitrogens is 1. The summed E-state index contributed by atoms with van der Waals surface area (Å²) in [6.45, 7) is 0. The van der Waals surface area contributed by atoms with Gasteiger partial charge in [0.25, 0.3) is 5.91 Å². The maximum Gasteiger partial charge on any atom is 0.258 e. The Bertz CT molecular complexity index is 1050. The number of anilines is 1. The van der Waals surface area contributed by atoms with E-state index in [-0.39, 0.29) is 5.91 Å². The average Bonchev–Trinajstić information content (AvgIpc) is 3.03. The molecule has 0 spiro atoms. The van der Waals surface area contributed by atoms with Crippen LogP contribution in [0.25, 0.3) is 21.0 Å². The zero-order chi connectivity index (χ0) is 16.5. The smallest absolute Gasteiger partial charge is 0.258 e. The number of nitrogens with zero attached hydrogens (tertiary/aromatic N) is 1. The summed E-state index contributed by atoms with van der Waals surface area (Å²) in [5.74, 6) is -0.128. The van der Waals surface area contributed by atoms with Gasteiger partial charge < -0.3 is 0 Å². The van der Waals surface area contributed by atoms with Crippen molar-refractivity contribution in [1.82, 2.24) is 4.98 Å². The Labute approximate surface area is 147 Å². The first-order valence-electron chi connectivity index (χ1n) is 7.49. The topological polar surface area (TPSA) is 42.0 Å². The van der Waals surface area contributed by atoms with Gasteiger partial charge in [-0.3, -0.25) is 10.1 Å². The molecule has 3 aromatic carbocycles.